The van der Waals surface area contributed by atoms with E-state index in [4.69, 9.17) is 33.7 Å². The third-order valence-corrected chi connectivity index (χ3v) is 11.9. The average molecular weight is 863 g/mol. The van der Waals surface area contributed by atoms with Crippen LogP contribution in [-0.2, 0) is 52.7 Å². The van der Waals surface area contributed by atoms with Gasteiger partial charge in [0.25, 0.3) is 5.91 Å². The first-order valence-electron chi connectivity index (χ1n) is 21.1. The van der Waals surface area contributed by atoms with Gasteiger partial charge in [-0.1, -0.05) is 19.9 Å². The molecule has 1 aromatic carbocycles. The number of fused-ring (bicyclic) bond motifs is 1. The van der Waals surface area contributed by atoms with Gasteiger partial charge in [0.15, 0.2) is 0 Å². The lowest BCUT2D eigenvalue weighted by molar-refractivity contribution is -0.150. The number of benzene rings is 1. The standard InChI is InChI=1S/C45H62N6O9S/c1-28(56-7)39-31(11-9-17-46-39)40-33(25-45(5,6)27-52)32-23-29(13-14-37(32)50(40)19-22-59-30-15-20-58-21-16-30)36-26-61-38(47-36)24-35(48-43(55)60-44(2,3)4)41(53)51-18-10-12-34(49-51)42(54)57-8/h9,11,13-14,17,23,26,28,30,34-35,49,52H,10,12,15-16,18-22,24-25,27H2,1-8H3,(H,48,55)/t28-,34-,35-/m0/s1. The second-order valence-electron chi connectivity index (χ2n) is 17.6. The molecule has 3 atom stereocenters. The van der Waals surface area contributed by atoms with E-state index < -0.39 is 41.1 Å². The Morgan fingerprint density at radius 1 is 1.10 bits per heavy atom. The van der Waals surface area contributed by atoms with Gasteiger partial charge in [0.2, 0.25) is 0 Å². The van der Waals surface area contributed by atoms with Gasteiger partial charge in [-0.3, -0.25) is 19.6 Å². The molecule has 0 spiro atoms. The van der Waals surface area contributed by atoms with Gasteiger partial charge in [0.05, 0.1) is 48.0 Å². The van der Waals surface area contributed by atoms with E-state index >= 15 is 0 Å². The Morgan fingerprint density at radius 2 is 1.87 bits per heavy atom. The molecule has 0 unspecified atom stereocenters. The maximum Gasteiger partial charge on any atom is 0.408 e. The maximum absolute atomic E-state index is 14.0. The van der Waals surface area contributed by atoms with E-state index in [-0.39, 0.29) is 25.2 Å². The molecule has 16 heteroatoms. The lowest BCUT2D eigenvalue weighted by atomic mass is 9.84. The number of pyridine rings is 1. The monoisotopic (exact) mass is 862 g/mol. The Hall–Kier alpha value is -4.45. The number of esters is 1. The van der Waals surface area contributed by atoms with Crippen molar-refractivity contribution in [1.82, 2.24) is 30.3 Å². The zero-order valence-electron chi connectivity index (χ0n) is 36.7. The molecule has 2 aliphatic heterocycles. The molecule has 2 amide bonds. The number of carbonyl (C=O) groups is 3. The fraction of sp³-hybridized carbons (Fsp3) is 0.578. The van der Waals surface area contributed by atoms with Gasteiger partial charge >= 0.3 is 12.1 Å². The number of carbonyl (C=O) groups excluding carboxylic acids is 3. The van der Waals surface area contributed by atoms with Crippen molar-refractivity contribution >= 4 is 40.2 Å². The van der Waals surface area contributed by atoms with Crippen LogP contribution in [0.4, 0.5) is 4.79 Å². The van der Waals surface area contributed by atoms with Crippen LogP contribution in [0.1, 0.15) is 89.6 Å². The minimum atomic E-state index is -1.03. The summed E-state index contributed by atoms with van der Waals surface area (Å²) in [5, 5.41) is 18.3. The molecule has 0 aliphatic carbocycles. The molecule has 2 fully saturated rings. The topological polar surface area (TPSA) is 176 Å². The number of aromatic nitrogens is 3. The van der Waals surface area contributed by atoms with E-state index in [0.29, 0.717) is 62.9 Å². The molecule has 61 heavy (non-hydrogen) atoms. The van der Waals surface area contributed by atoms with E-state index in [1.165, 1.54) is 23.5 Å². The number of thiazole rings is 1. The lowest BCUT2D eigenvalue weighted by Crippen LogP contribution is -2.60. The van der Waals surface area contributed by atoms with Crippen LogP contribution >= 0.6 is 11.3 Å². The molecule has 6 rings (SSSR count). The molecule has 15 nitrogen and oxygen atoms in total. The van der Waals surface area contributed by atoms with E-state index in [0.717, 1.165) is 51.8 Å². The Morgan fingerprint density at radius 3 is 2.57 bits per heavy atom. The van der Waals surface area contributed by atoms with Crippen LogP contribution in [0.5, 0.6) is 0 Å². The van der Waals surface area contributed by atoms with E-state index in [2.05, 4.69) is 53.4 Å². The van der Waals surface area contributed by atoms with Crippen molar-refractivity contribution in [2.24, 2.45) is 5.41 Å². The summed E-state index contributed by atoms with van der Waals surface area (Å²) in [6, 6.07) is 8.64. The fourth-order valence-electron chi connectivity index (χ4n) is 7.85. The van der Waals surface area contributed by atoms with Gasteiger partial charge in [-0.2, -0.15) is 0 Å². The van der Waals surface area contributed by atoms with Crippen molar-refractivity contribution in [1.29, 1.82) is 0 Å². The summed E-state index contributed by atoms with van der Waals surface area (Å²) >= 11 is 1.39. The fourth-order valence-corrected chi connectivity index (χ4v) is 8.70. The van der Waals surface area contributed by atoms with Gasteiger partial charge in [-0.25, -0.2) is 15.2 Å². The van der Waals surface area contributed by atoms with E-state index in [1.54, 1.807) is 34.1 Å². The average Bonchev–Trinajstić information content (AvgIpc) is 3.84. The van der Waals surface area contributed by atoms with Crippen LogP contribution in [0, 0.1) is 5.41 Å². The van der Waals surface area contributed by atoms with Gasteiger partial charge in [0.1, 0.15) is 17.7 Å². The number of hydrazine groups is 1. The molecular formula is C45H62N6O9S. The molecule has 4 aromatic rings. The molecule has 0 bridgehead atoms. The highest BCUT2D eigenvalue weighted by atomic mass is 32.1. The Balaban J connectivity index is 1.38. The normalized spacial score (nSPS) is 17.6. The molecule has 0 radical (unpaired) electrons. The largest absolute Gasteiger partial charge is 0.468 e. The number of alkyl carbamates (subject to hydrolysis) is 1. The Labute approximate surface area is 362 Å². The third kappa shape index (κ3) is 11.5. The number of methoxy groups -OCH3 is 2. The highest BCUT2D eigenvalue weighted by molar-refractivity contribution is 7.10. The SMILES string of the molecule is COC(=O)[C@@H]1CCCN(C(=O)[C@H](Cc2nc(-c3ccc4c(c3)c(CC(C)(C)CO)c(-c3cccnc3[C@H](C)OC)n4CCOC3CCOCC3)cs2)NC(=O)OC(C)(C)C)N1. The number of aliphatic hydroxyl groups is 1. The smallest absolute Gasteiger partial charge is 0.408 e. The predicted molar refractivity (Wildman–Crippen MR) is 233 cm³/mol. The van der Waals surface area contributed by atoms with Crippen molar-refractivity contribution in [2.75, 3.05) is 47.2 Å². The maximum atomic E-state index is 14.0. The summed E-state index contributed by atoms with van der Waals surface area (Å²) in [4.78, 5) is 49.3. The van der Waals surface area contributed by atoms with Gasteiger partial charge < -0.3 is 38.7 Å². The van der Waals surface area contributed by atoms with Crippen molar-refractivity contribution in [2.45, 2.75) is 117 Å². The van der Waals surface area contributed by atoms with E-state index in [9.17, 15) is 19.5 Å². The zero-order valence-corrected chi connectivity index (χ0v) is 37.6. The van der Waals surface area contributed by atoms with E-state index in [1.807, 2.05) is 18.4 Å². The molecule has 2 aliphatic rings. The Bertz CT molecular complexity index is 2140. The quantitative estimate of drug-likeness (QED) is 0.106. The number of ether oxygens (including phenoxy) is 5. The summed E-state index contributed by atoms with van der Waals surface area (Å²) < 4.78 is 30.6. The Kier molecular flexibility index (Phi) is 15.2. The zero-order chi connectivity index (χ0) is 43.9. The second-order valence-corrected chi connectivity index (χ2v) is 18.5. The van der Waals surface area contributed by atoms with Crippen LogP contribution in [0.25, 0.3) is 33.4 Å². The van der Waals surface area contributed by atoms with Crippen LogP contribution in [0.15, 0.2) is 41.9 Å². The summed E-state index contributed by atoms with van der Waals surface area (Å²) in [6.07, 6.45) is 4.42. The second kappa shape index (κ2) is 20.2. The van der Waals surface area contributed by atoms with Crippen LogP contribution in [-0.4, -0.2) is 114 Å². The van der Waals surface area contributed by atoms with Crippen LogP contribution in [0.2, 0.25) is 0 Å². The van der Waals surface area contributed by atoms with Crippen molar-refractivity contribution < 1.29 is 43.2 Å². The number of nitrogens with zero attached hydrogens (tertiary/aromatic N) is 4. The number of aliphatic hydroxyl groups excluding tert-OH is 1. The molecule has 0 saturated carbocycles. The van der Waals surface area contributed by atoms with Crippen LogP contribution < -0.4 is 10.7 Å². The number of rotatable bonds is 16. The number of hydrogen-bond acceptors (Lipinski definition) is 13. The molecule has 332 valence electrons. The molecule has 2 saturated heterocycles. The minimum Gasteiger partial charge on any atom is -0.468 e. The van der Waals surface area contributed by atoms with Crippen LogP contribution in [0.3, 0.4) is 0 Å². The summed E-state index contributed by atoms with van der Waals surface area (Å²) in [7, 11) is 2.99. The number of amides is 2. The summed E-state index contributed by atoms with van der Waals surface area (Å²) in [5.41, 5.74) is 8.20. The predicted octanol–water partition coefficient (Wildman–Crippen LogP) is 6.40. The van der Waals surface area contributed by atoms with Gasteiger partial charge in [-0.05, 0) is 95.0 Å². The van der Waals surface area contributed by atoms with Gasteiger partial charge in [0, 0.05) is 80.0 Å². The summed E-state index contributed by atoms with van der Waals surface area (Å²) in [6.45, 7) is 14.2. The molecule has 3 N–H and O–H groups in total. The number of nitrogens with one attached hydrogen (secondary N) is 2. The van der Waals surface area contributed by atoms with Crippen molar-refractivity contribution in [3.63, 3.8) is 0 Å². The lowest BCUT2D eigenvalue weighted by Gasteiger charge is -2.34. The molecular weight excluding hydrogens is 801 g/mol. The molecule has 5 heterocycles. The van der Waals surface area contributed by atoms with Crippen molar-refractivity contribution in [3.8, 4) is 22.5 Å². The first-order chi connectivity index (χ1) is 29.1. The molecule has 3 aromatic heterocycles. The first kappa shape index (κ1) is 46.1. The summed E-state index contributed by atoms with van der Waals surface area (Å²) in [5.74, 6) is -0.879. The van der Waals surface area contributed by atoms with Crippen molar-refractivity contribution in [3.05, 3.63) is 58.2 Å². The highest BCUT2D eigenvalue weighted by Crippen LogP contribution is 2.42. The first-order valence-corrected chi connectivity index (χ1v) is 22.0. The third-order valence-electron chi connectivity index (χ3n) is 11.1. The number of hydrogen-bond donors (Lipinski definition) is 3. The minimum absolute atomic E-state index is 0.0109. The highest BCUT2D eigenvalue weighted by Gasteiger charge is 2.35. The van der Waals surface area contributed by atoms with Gasteiger partial charge in [-0.15, -0.1) is 11.3 Å².